The third-order valence-electron chi connectivity index (χ3n) is 6.00. The number of rotatable bonds is 8. The predicted octanol–water partition coefficient (Wildman–Crippen LogP) is 2.84. The van der Waals surface area contributed by atoms with Gasteiger partial charge in [-0.2, -0.15) is 5.10 Å². The van der Waals surface area contributed by atoms with E-state index in [1.54, 1.807) is 32.2 Å². The number of carbonyl (C=O) groups is 1. The first kappa shape index (κ1) is 22.7. The fraction of sp³-hybridized carbons (Fsp3) is 0.360. The zero-order valence-corrected chi connectivity index (χ0v) is 19.3. The van der Waals surface area contributed by atoms with E-state index in [1.807, 2.05) is 59.6 Å². The molecule has 2 aromatic carbocycles. The molecule has 4 rings (SSSR count). The van der Waals surface area contributed by atoms with Crippen LogP contribution in [0.5, 0.6) is 17.2 Å². The molecule has 1 saturated heterocycles. The van der Waals surface area contributed by atoms with Crippen molar-refractivity contribution in [3.05, 3.63) is 72.1 Å². The van der Waals surface area contributed by atoms with E-state index in [-0.39, 0.29) is 5.91 Å². The van der Waals surface area contributed by atoms with Gasteiger partial charge in [-0.05, 0) is 17.7 Å². The minimum Gasteiger partial charge on any atom is -0.493 e. The molecule has 1 atom stereocenters. The van der Waals surface area contributed by atoms with Crippen LogP contribution in [0.2, 0.25) is 0 Å². The fourth-order valence-electron chi connectivity index (χ4n) is 4.31. The molecule has 3 aromatic rings. The van der Waals surface area contributed by atoms with Gasteiger partial charge in [-0.3, -0.25) is 14.4 Å². The monoisotopic (exact) mass is 450 g/mol. The Hall–Kier alpha value is -3.52. The second kappa shape index (κ2) is 10.4. The molecule has 8 heteroatoms. The lowest BCUT2D eigenvalue weighted by molar-refractivity contribution is -0.135. The Morgan fingerprint density at radius 2 is 1.64 bits per heavy atom. The summed E-state index contributed by atoms with van der Waals surface area (Å²) in [5, 5.41) is 4.35. The summed E-state index contributed by atoms with van der Waals surface area (Å²) >= 11 is 0. The Bertz CT molecular complexity index is 1050. The van der Waals surface area contributed by atoms with E-state index in [4.69, 9.17) is 14.2 Å². The molecule has 1 unspecified atom stereocenters. The van der Waals surface area contributed by atoms with Gasteiger partial charge in [0.15, 0.2) is 17.5 Å². The third-order valence-corrected chi connectivity index (χ3v) is 6.00. The van der Waals surface area contributed by atoms with E-state index in [0.717, 1.165) is 24.2 Å². The predicted molar refractivity (Wildman–Crippen MR) is 125 cm³/mol. The maximum absolute atomic E-state index is 13.5. The molecule has 0 bridgehead atoms. The average Bonchev–Trinajstić information content (AvgIpc) is 3.39. The quantitative estimate of drug-likeness (QED) is 0.526. The van der Waals surface area contributed by atoms with Crippen LogP contribution in [-0.4, -0.2) is 73.0 Å². The van der Waals surface area contributed by atoms with Gasteiger partial charge in [-0.15, -0.1) is 0 Å². The van der Waals surface area contributed by atoms with Gasteiger partial charge in [0.25, 0.3) is 5.91 Å². The van der Waals surface area contributed by atoms with E-state index in [0.29, 0.717) is 36.9 Å². The van der Waals surface area contributed by atoms with Crippen molar-refractivity contribution in [1.29, 1.82) is 0 Å². The number of methoxy groups -OCH3 is 3. The van der Waals surface area contributed by atoms with E-state index in [2.05, 4.69) is 10.00 Å². The standard InChI is InChI=1S/C25H30N4O4/c1-31-21-11-10-20(23(32-2)24(21)33-3)18-27-14-16-28(17-15-27)25(30)22(29-13-7-12-26-29)19-8-5-4-6-9-19/h4-13,22H,14-18H2,1-3H3. The second-order valence-corrected chi connectivity index (χ2v) is 7.89. The largest absolute Gasteiger partial charge is 0.493 e. The van der Waals surface area contributed by atoms with E-state index >= 15 is 0 Å². The highest BCUT2D eigenvalue weighted by molar-refractivity contribution is 5.83. The molecule has 1 fully saturated rings. The molecule has 33 heavy (non-hydrogen) atoms. The van der Waals surface area contributed by atoms with E-state index in [9.17, 15) is 4.79 Å². The number of benzene rings is 2. The lowest BCUT2D eigenvalue weighted by Crippen LogP contribution is -2.50. The number of piperazine rings is 1. The number of aromatic nitrogens is 2. The number of nitrogens with zero attached hydrogens (tertiary/aromatic N) is 4. The molecule has 0 radical (unpaired) electrons. The highest BCUT2D eigenvalue weighted by Crippen LogP contribution is 2.40. The summed E-state index contributed by atoms with van der Waals surface area (Å²) in [4.78, 5) is 17.8. The van der Waals surface area contributed by atoms with Crippen molar-refractivity contribution >= 4 is 5.91 Å². The van der Waals surface area contributed by atoms with Gasteiger partial charge in [-0.25, -0.2) is 0 Å². The van der Waals surface area contributed by atoms with Crippen LogP contribution in [-0.2, 0) is 11.3 Å². The topological polar surface area (TPSA) is 69.1 Å². The fourth-order valence-corrected chi connectivity index (χ4v) is 4.31. The van der Waals surface area contributed by atoms with Gasteiger partial charge in [0.05, 0.1) is 21.3 Å². The summed E-state index contributed by atoms with van der Waals surface area (Å²) in [5.41, 5.74) is 1.96. The van der Waals surface area contributed by atoms with Gasteiger partial charge in [0, 0.05) is 50.7 Å². The molecule has 1 aromatic heterocycles. The second-order valence-electron chi connectivity index (χ2n) is 7.89. The molecule has 174 valence electrons. The first-order valence-corrected chi connectivity index (χ1v) is 11.0. The summed E-state index contributed by atoms with van der Waals surface area (Å²) in [6.45, 7) is 3.54. The molecular weight excluding hydrogens is 420 g/mol. The van der Waals surface area contributed by atoms with E-state index < -0.39 is 6.04 Å². The SMILES string of the molecule is COc1ccc(CN2CCN(C(=O)C(c3ccccc3)n3cccn3)CC2)c(OC)c1OC. The molecule has 2 heterocycles. The molecule has 1 aliphatic heterocycles. The lowest BCUT2D eigenvalue weighted by atomic mass is 10.1. The van der Waals surface area contributed by atoms with Crippen LogP contribution >= 0.6 is 0 Å². The van der Waals surface area contributed by atoms with Crippen LogP contribution in [0.3, 0.4) is 0 Å². The summed E-state index contributed by atoms with van der Waals surface area (Å²) in [7, 11) is 4.85. The van der Waals surface area contributed by atoms with Crippen molar-refractivity contribution in [3.8, 4) is 17.2 Å². The Kier molecular flexibility index (Phi) is 7.14. The van der Waals surface area contributed by atoms with Crippen molar-refractivity contribution < 1.29 is 19.0 Å². The molecule has 1 amide bonds. The summed E-state index contributed by atoms with van der Waals surface area (Å²) in [6, 6.07) is 15.1. The first-order chi connectivity index (χ1) is 16.2. The van der Waals surface area contributed by atoms with Crippen molar-refractivity contribution in [2.45, 2.75) is 12.6 Å². The van der Waals surface area contributed by atoms with Gasteiger partial charge in [-0.1, -0.05) is 36.4 Å². The molecule has 0 aliphatic carbocycles. The van der Waals surface area contributed by atoms with Gasteiger partial charge in [0.2, 0.25) is 5.75 Å². The zero-order valence-electron chi connectivity index (χ0n) is 19.3. The smallest absolute Gasteiger partial charge is 0.252 e. The first-order valence-electron chi connectivity index (χ1n) is 11.0. The van der Waals surface area contributed by atoms with Crippen molar-refractivity contribution in [1.82, 2.24) is 19.6 Å². The Morgan fingerprint density at radius 3 is 2.24 bits per heavy atom. The number of amides is 1. The normalized spacial score (nSPS) is 15.2. The lowest BCUT2D eigenvalue weighted by Gasteiger charge is -2.36. The molecule has 0 N–H and O–H groups in total. The number of hydrogen-bond donors (Lipinski definition) is 0. The number of ether oxygens (including phenoxy) is 3. The molecule has 0 spiro atoms. The maximum Gasteiger partial charge on any atom is 0.252 e. The maximum atomic E-state index is 13.5. The van der Waals surface area contributed by atoms with Crippen LogP contribution in [0.25, 0.3) is 0 Å². The Morgan fingerprint density at radius 1 is 0.909 bits per heavy atom. The minimum atomic E-state index is -0.460. The zero-order chi connectivity index (χ0) is 23.2. The van der Waals surface area contributed by atoms with Crippen LogP contribution < -0.4 is 14.2 Å². The average molecular weight is 451 g/mol. The Labute approximate surface area is 194 Å². The highest BCUT2D eigenvalue weighted by Gasteiger charge is 2.30. The number of hydrogen-bond acceptors (Lipinski definition) is 6. The van der Waals surface area contributed by atoms with Crippen LogP contribution in [0.15, 0.2) is 60.9 Å². The number of carbonyl (C=O) groups excluding carboxylic acids is 1. The molecule has 1 aliphatic rings. The van der Waals surface area contributed by atoms with Gasteiger partial charge < -0.3 is 19.1 Å². The minimum absolute atomic E-state index is 0.0632. The summed E-state index contributed by atoms with van der Waals surface area (Å²) in [5.74, 6) is 1.97. The van der Waals surface area contributed by atoms with Crippen LogP contribution in [0, 0.1) is 0 Å². The summed E-state index contributed by atoms with van der Waals surface area (Å²) in [6.07, 6.45) is 3.55. The van der Waals surface area contributed by atoms with Crippen molar-refractivity contribution in [2.24, 2.45) is 0 Å². The van der Waals surface area contributed by atoms with Crippen molar-refractivity contribution in [2.75, 3.05) is 47.5 Å². The molecule has 0 saturated carbocycles. The van der Waals surface area contributed by atoms with Crippen LogP contribution in [0.1, 0.15) is 17.2 Å². The summed E-state index contributed by atoms with van der Waals surface area (Å²) < 4.78 is 18.3. The molecule has 8 nitrogen and oxygen atoms in total. The van der Waals surface area contributed by atoms with Crippen LogP contribution in [0.4, 0.5) is 0 Å². The Balaban J connectivity index is 1.45. The third kappa shape index (κ3) is 4.80. The van der Waals surface area contributed by atoms with E-state index in [1.165, 1.54) is 0 Å². The van der Waals surface area contributed by atoms with Gasteiger partial charge >= 0.3 is 0 Å². The van der Waals surface area contributed by atoms with Crippen molar-refractivity contribution in [3.63, 3.8) is 0 Å². The highest BCUT2D eigenvalue weighted by atomic mass is 16.5. The molecular formula is C25H30N4O4. The van der Waals surface area contributed by atoms with Gasteiger partial charge in [0.1, 0.15) is 0 Å².